The van der Waals surface area contributed by atoms with Crippen LogP contribution in [0.1, 0.15) is 24.0 Å². The van der Waals surface area contributed by atoms with Gasteiger partial charge in [0, 0.05) is 39.4 Å². The van der Waals surface area contributed by atoms with E-state index >= 15 is 0 Å². The van der Waals surface area contributed by atoms with Gasteiger partial charge in [-0.2, -0.15) is 0 Å². The van der Waals surface area contributed by atoms with Crippen LogP contribution in [0.2, 0.25) is 0 Å². The Morgan fingerprint density at radius 1 is 1.13 bits per heavy atom. The van der Waals surface area contributed by atoms with Gasteiger partial charge in [0.1, 0.15) is 0 Å². The van der Waals surface area contributed by atoms with E-state index in [1.165, 1.54) is 18.4 Å². The highest BCUT2D eigenvalue weighted by molar-refractivity contribution is 14.0. The topological polar surface area (TPSA) is 68.2 Å². The van der Waals surface area contributed by atoms with E-state index in [4.69, 9.17) is 14.2 Å². The summed E-state index contributed by atoms with van der Waals surface area (Å²) in [6, 6.07) is 9.99. The first-order valence-corrected chi connectivity index (χ1v) is 10.3. The molecule has 0 unspecified atom stereocenters. The maximum absolute atomic E-state index is 5.69. The van der Waals surface area contributed by atoms with Crippen LogP contribution in [0.5, 0.6) is 17.4 Å². The Morgan fingerprint density at radius 3 is 2.48 bits per heavy atom. The number of aromatic nitrogens is 1. The lowest BCUT2D eigenvalue weighted by Gasteiger charge is -2.22. The molecule has 2 aromatic rings. The summed E-state index contributed by atoms with van der Waals surface area (Å²) in [5.41, 5.74) is 2.27. The van der Waals surface area contributed by atoms with E-state index in [1.807, 2.05) is 37.5 Å². The molecule has 1 N–H and O–H groups in total. The number of nitrogens with zero attached hydrogens (tertiary/aromatic N) is 3. The number of benzene rings is 1. The average molecular weight is 540 g/mol. The molecule has 0 amide bonds. The molecule has 1 heterocycles. The zero-order valence-electron chi connectivity index (χ0n) is 18.8. The Morgan fingerprint density at radius 2 is 1.87 bits per heavy atom. The van der Waals surface area contributed by atoms with Crippen molar-refractivity contribution >= 4 is 29.9 Å². The Balaban J connectivity index is 0.00000341. The highest BCUT2D eigenvalue weighted by Gasteiger charge is 2.22. The molecule has 1 aliphatic rings. The summed E-state index contributed by atoms with van der Waals surface area (Å²) in [4.78, 5) is 10.9. The molecule has 0 atom stereocenters. The fraction of sp³-hybridized carbons (Fsp3) is 0.478. The Bertz CT molecular complexity index is 841. The normalized spacial score (nSPS) is 13.2. The minimum atomic E-state index is 0. The number of hydrogen-bond donors (Lipinski definition) is 1. The minimum absolute atomic E-state index is 0. The van der Waals surface area contributed by atoms with Gasteiger partial charge in [-0.15, -0.1) is 24.0 Å². The van der Waals surface area contributed by atoms with Crippen molar-refractivity contribution in [1.29, 1.82) is 0 Å². The number of methoxy groups -OCH3 is 2. The molecule has 0 spiro atoms. The summed E-state index contributed by atoms with van der Waals surface area (Å²) in [7, 11) is 7.12. The summed E-state index contributed by atoms with van der Waals surface area (Å²) in [6.07, 6.45) is 5.28. The number of nitrogens with one attached hydrogen (secondary N) is 1. The van der Waals surface area contributed by atoms with Gasteiger partial charge < -0.3 is 24.4 Å². The van der Waals surface area contributed by atoms with Crippen molar-refractivity contribution < 1.29 is 14.2 Å². The van der Waals surface area contributed by atoms with E-state index in [0.29, 0.717) is 12.4 Å². The number of rotatable bonds is 10. The molecule has 0 aliphatic heterocycles. The molecular formula is C23H33IN4O3. The summed E-state index contributed by atoms with van der Waals surface area (Å²) in [5, 5.41) is 3.39. The van der Waals surface area contributed by atoms with Crippen molar-refractivity contribution in [2.75, 3.05) is 41.5 Å². The second kappa shape index (κ2) is 12.6. The van der Waals surface area contributed by atoms with Crippen molar-refractivity contribution in [3.63, 3.8) is 0 Å². The van der Waals surface area contributed by atoms with Crippen LogP contribution in [-0.4, -0.2) is 57.3 Å². The van der Waals surface area contributed by atoms with Crippen LogP contribution in [0.25, 0.3) is 0 Å². The number of aliphatic imine (C=N–C) groups is 1. The van der Waals surface area contributed by atoms with E-state index in [0.717, 1.165) is 48.5 Å². The SMILES string of the molecule is CN=C(NCc1ccc(OCC2CC2)nc1)N(C)CCc1ccc(OC)c(OC)c1.I. The summed E-state index contributed by atoms with van der Waals surface area (Å²) >= 11 is 0. The van der Waals surface area contributed by atoms with Gasteiger partial charge in [-0.05, 0) is 48.4 Å². The third-order valence-corrected chi connectivity index (χ3v) is 5.17. The maximum Gasteiger partial charge on any atom is 0.213 e. The molecule has 0 bridgehead atoms. The summed E-state index contributed by atoms with van der Waals surface area (Å²) in [6.45, 7) is 2.26. The fourth-order valence-electron chi connectivity index (χ4n) is 3.09. The molecule has 0 saturated heterocycles. The van der Waals surface area contributed by atoms with Gasteiger partial charge in [0.05, 0.1) is 20.8 Å². The first-order chi connectivity index (χ1) is 14.6. The van der Waals surface area contributed by atoms with Crippen molar-refractivity contribution in [2.24, 2.45) is 10.9 Å². The summed E-state index contributed by atoms with van der Waals surface area (Å²) < 4.78 is 16.4. The Hall–Kier alpha value is -2.23. The smallest absolute Gasteiger partial charge is 0.213 e. The first-order valence-electron chi connectivity index (χ1n) is 10.3. The minimum Gasteiger partial charge on any atom is -0.493 e. The number of ether oxygens (including phenoxy) is 3. The quantitative estimate of drug-likeness (QED) is 0.281. The predicted molar refractivity (Wildman–Crippen MR) is 134 cm³/mol. The van der Waals surface area contributed by atoms with Gasteiger partial charge in [0.25, 0.3) is 0 Å². The average Bonchev–Trinajstić information content (AvgIpc) is 3.61. The molecule has 31 heavy (non-hydrogen) atoms. The highest BCUT2D eigenvalue weighted by atomic mass is 127. The monoisotopic (exact) mass is 540 g/mol. The molecule has 1 fully saturated rings. The van der Waals surface area contributed by atoms with E-state index in [1.54, 1.807) is 21.3 Å². The van der Waals surface area contributed by atoms with Crippen LogP contribution >= 0.6 is 24.0 Å². The van der Waals surface area contributed by atoms with Gasteiger partial charge in [0.2, 0.25) is 5.88 Å². The highest BCUT2D eigenvalue weighted by Crippen LogP contribution is 2.29. The van der Waals surface area contributed by atoms with Crippen molar-refractivity contribution in [3.05, 3.63) is 47.7 Å². The number of halogens is 1. The van der Waals surface area contributed by atoms with E-state index in [-0.39, 0.29) is 24.0 Å². The van der Waals surface area contributed by atoms with Crippen LogP contribution in [0.3, 0.4) is 0 Å². The lowest BCUT2D eigenvalue weighted by Crippen LogP contribution is -2.39. The number of pyridine rings is 1. The standard InChI is InChI=1S/C23H32N4O3.HI/c1-24-23(26-15-19-8-10-22(25-14-19)30-16-18-5-6-18)27(2)12-11-17-7-9-20(28-3)21(13-17)29-4;/h7-10,13-14,18H,5-6,11-12,15-16H2,1-4H3,(H,24,26);1H. The van der Waals surface area contributed by atoms with Crippen molar-refractivity contribution in [2.45, 2.75) is 25.8 Å². The molecule has 1 aromatic heterocycles. The van der Waals surface area contributed by atoms with Crippen LogP contribution in [-0.2, 0) is 13.0 Å². The number of guanidine groups is 1. The van der Waals surface area contributed by atoms with E-state index in [2.05, 4.69) is 26.3 Å². The van der Waals surface area contributed by atoms with Gasteiger partial charge in [-0.3, -0.25) is 4.99 Å². The largest absolute Gasteiger partial charge is 0.493 e. The first kappa shape index (κ1) is 25.0. The van der Waals surface area contributed by atoms with Crippen LogP contribution in [0.4, 0.5) is 0 Å². The molecule has 1 aromatic carbocycles. The fourth-order valence-corrected chi connectivity index (χ4v) is 3.09. The third kappa shape index (κ3) is 7.75. The third-order valence-electron chi connectivity index (χ3n) is 5.17. The zero-order valence-corrected chi connectivity index (χ0v) is 21.1. The molecule has 1 saturated carbocycles. The molecule has 7 nitrogen and oxygen atoms in total. The van der Waals surface area contributed by atoms with E-state index in [9.17, 15) is 0 Å². The number of hydrogen-bond acceptors (Lipinski definition) is 5. The summed E-state index contributed by atoms with van der Waals surface area (Å²) in [5.74, 6) is 3.75. The number of likely N-dealkylation sites (N-methyl/N-ethyl adjacent to an activating group) is 1. The lowest BCUT2D eigenvalue weighted by molar-refractivity contribution is 0.288. The zero-order chi connectivity index (χ0) is 21.3. The maximum atomic E-state index is 5.69. The molecule has 170 valence electrons. The predicted octanol–water partition coefficient (Wildman–Crippen LogP) is 3.76. The van der Waals surface area contributed by atoms with Crippen LogP contribution in [0, 0.1) is 5.92 Å². The Labute approximate surface area is 202 Å². The van der Waals surface area contributed by atoms with Gasteiger partial charge in [-0.1, -0.05) is 12.1 Å². The lowest BCUT2D eigenvalue weighted by atomic mass is 10.1. The van der Waals surface area contributed by atoms with Gasteiger partial charge in [-0.25, -0.2) is 4.98 Å². The van der Waals surface area contributed by atoms with Gasteiger partial charge in [0.15, 0.2) is 17.5 Å². The molecular weight excluding hydrogens is 507 g/mol. The van der Waals surface area contributed by atoms with Crippen molar-refractivity contribution in [1.82, 2.24) is 15.2 Å². The molecule has 8 heteroatoms. The van der Waals surface area contributed by atoms with E-state index < -0.39 is 0 Å². The molecule has 1 aliphatic carbocycles. The van der Waals surface area contributed by atoms with Gasteiger partial charge >= 0.3 is 0 Å². The van der Waals surface area contributed by atoms with Crippen LogP contribution < -0.4 is 19.5 Å². The molecule has 0 radical (unpaired) electrons. The molecule has 3 rings (SSSR count). The Kier molecular flexibility index (Phi) is 10.2. The second-order valence-corrected chi connectivity index (χ2v) is 7.52. The second-order valence-electron chi connectivity index (χ2n) is 7.52. The van der Waals surface area contributed by atoms with Crippen LogP contribution in [0.15, 0.2) is 41.5 Å². The van der Waals surface area contributed by atoms with Crippen molar-refractivity contribution in [3.8, 4) is 17.4 Å².